The Balaban J connectivity index is 3.05. The second-order valence-corrected chi connectivity index (χ2v) is 3.46. The van der Waals surface area contributed by atoms with Crippen LogP contribution in [0.1, 0.15) is 43.6 Å². The van der Waals surface area contributed by atoms with Crippen LogP contribution in [0.2, 0.25) is 0 Å². The van der Waals surface area contributed by atoms with Gasteiger partial charge < -0.3 is 0 Å². The minimum Gasteiger partial charge on any atom is -0.282 e. The molecule has 76 valence electrons. The van der Waals surface area contributed by atoms with Crippen molar-refractivity contribution in [3.05, 3.63) is 27.4 Å². The van der Waals surface area contributed by atoms with Gasteiger partial charge >= 0.3 is 0 Å². The molecule has 1 aromatic heterocycles. The molecule has 0 atom stereocenters. The van der Waals surface area contributed by atoms with Gasteiger partial charge in [-0.05, 0) is 17.9 Å². The average Bonchev–Trinajstić information content (AvgIpc) is 2.57. The zero-order chi connectivity index (χ0) is 10.6. The third kappa shape index (κ3) is 2.06. The molecular formula is C9H15N5. The van der Waals surface area contributed by atoms with E-state index in [1.165, 1.54) is 0 Å². The van der Waals surface area contributed by atoms with Gasteiger partial charge in [0.15, 0.2) is 0 Å². The first-order valence-corrected chi connectivity index (χ1v) is 4.77. The first-order chi connectivity index (χ1) is 6.70. The van der Waals surface area contributed by atoms with Crippen LogP contribution in [0.4, 0.5) is 0 Å². The smallest absolute Gasteiger partial charge is 0.0683 e. The van der Waals surface area contributed by atoms with Gasteiger partial charge in [-0.25, -0.2) is 0 Å². The molecule has 0 aliphatic rings. The number of rotatable bonds is 4. The molecule has 1 heterocycles. The van der Waals surface area contributed by atoms with Crippen LogP contribution in [-0.2, 0) is 13.0 Å². The van der Waals surface area contributed by atoms with Crippen molar-refractivity contribution < 1.29 is 0 Å². The first kappa shape index (κ1) is 10.6. The molecule has 0 aliphatic carbocycles. The molecule has 0 saturated carbocycles. The summed E-state index contributed by atoms with van der Waals surface area (Å²) in [7, 11) is 0. The molecule has 5 heteroatoms. The van der Waals surface area contributed by atoms with Crippen molar-refractivity contribution in [2.45, 2.75) is 39.7 Å². The molecule has 1 aromatic rings. The van der Waals surface area contributed by atoms with Crippen LogP contribution in [0.25, 0.3) is 10.4 Å². The summed E-state index contributed by atoms with van der Waals surface area (Å²) in [6.45, 7) is 6.60. The second kappa shape index (κ2) is 4.67. The fraction of sp³-hybridized carbons (Fsp3) is 0.667. The summed E-state index contributed by atoms with van der Waals surface area (Å²) in [4.78, 5) is 2.77. The third-order valence-corrected chi connectivity index (χ3v) is 2.18. The summed E-state index contributed by atoms with van der Waals surface area (Å²) in [5.41, 5.74) is 11.4. The van der Waals surface area contributed by atoms with E-state index in [1.54, 1.807) is 0 Å². The van der Waals surface area contributed by atoms with Crippen molar-refractivity contribution >= 4 is 0 Å². The van der Waals surface area contributed by atoms with Crippen molar-refractivity contribution in [1.82, 2.24) is 10.2 Å². The molecule has 0 radical (unpaired) electrons. The number of aromatic amines is 1. The predicted octanol–water partition coefficient (Wildman–Crippen LogP) is 2.91. The second-order valence-electron chi connectivity index (χ2n) is 3.46. The van der Waals surface area contributed by atoms with Crippen molar-refractivity contribution in [2.24, 2.45) is 5.11 Å². The van der Waals surface area contributed by atoms with Crippen LogP contribution in [0.15, 0.2) is 5.11 Å². The monoisotopic (exact) mass is 193 g/mol. The van der Waals surface area contributed by atoms with E-state index in [9.17, 15) is 0 Å². The van der Waals surface area contributed by atoms with Crippen LogP contribution >= 0.6 is 0 Å². The molecule has 0 aromatic carbocycles. The lowest BCUT2D eigenvalue weighted by atomic mass is 10.0. The number of nitrogens with zero attached hydrogens (tertiary/aromatic N) is 4. The van der Waals surface area contributed by atoms with Gasteiger partial charge in [0.25, 0.3) is 0 Å². The SMILES string of the molecule is CCc1[nH]nc(C(C)C)c1CN=[N+]=[N-]. The van der Waals surface area contributed by atoms with Crippen LogP contribution in [0.3, 0.4) is 0 Å². The van der Waals surface area contributed by atoms with Gasteiger partial charge in [-0.2, -0.15) is 5.10 Å². The number of azide groups is 1. The van der Waals surface area contributed by atoms with Gasteiger partial charge in [-0.15, -0.1) is 0 Å². The van der Waals surface area contributed by atoms with Crippen LogP contribution in [0, 0.1) is 0 Å². The highest BCUT2D eigenvalue weighted by Crippen LogP contribution is 2.21. The van der Waals surface area contributed by atoms with Gasteiger partial charge in [0.1, 0.15) is 0 Å². The van der Waals surface area contributed by atoms with Gasteiger partial charge in [0.2, 0.25) is 0 Å². The molecule has 14 heavy (non-hydrogen) atoms. The Kier molecular flexibility index (Phi) is 3.54. The molecule has 1 N–H and O–H groups in total. The van der Waals surface area contributed by atoms with Gasteiger partial charge in [-0.1, -0.05) is 25.9 Å². The molecule has 0 unspecified atom stereocenters. The Morgan fingerprint density at radius 3 is 2.79 bits per heavy atom. The number of aryl methyl sites for hydroxylation is 1. The lowest BCUT2D eigenvalue weighted by molar-refractivity contribution is 0.794. The van der Waals surface area contributed by atoms with Crippen LogP contribution in [-0.4, -0.2) is 10.2 Å². The number of H-pyrrole nitrogens is 1. The maximum Gasteiger partial charge on any atom is 0.0683 e. The Morgan fingerprint density at radius 1 is 1.57 bits per heavy atom. The van der Waals surface area contributed by atoms with Crippen molar-refractivity contribution in [3.8, 4) is 0 Å². The molecule has 0 amide bonds. The molecule has 0 saturated heterocycles. The maximum absolute atomic E-state index is 8.29. The molecule has 5 nitrogen and oxygen atoms in total. The summed E-state index contributed by atoms with van der Waals surface area (Å²) < 4.78 is 0. The summed E-state index contributed by atoms with van der Waals surface area (Å²) >= 11 is 0. The summed E-state index contributed by atoms with van der Waals surface area (Å²) in [5, 5.41) is 10.8. The zero-order valence-corrected chi connectivity index (χ0v) is 8.78. The van der Waals surface area contributed by atoms with Crippen LogP contribution < -0.4 is 0 Å². The maximum atomic E-state index is 8.29. The molecule has 0 bridgehead atoms. The fourth-order valence-electron chi connectivity index (χ4n) is 1.47. The fourth-order valence-corrected chi connectivity index (χ4v) is 1.47. The lowest BCUT2D eigenvalue weighted by Crippen LogP contribution is -1.95. The van der Waals surface area contributed by atoms with E-state index in [0.29, 0.717) is 12.5 Å². The highest BCUT2D eigenvalue weighted by atomic mass is 15.2. The highest BCUT2D eigenvalue weighted by molar-refractivity contribution is 5.27. The van der Waals surface area contributed by atoms with E-state index in [1.807, 2.05) is 0 Å². The average molecular weight is 193 g/mol. The van der Waals surface area contributed by atoms with Gasteiger partial charge in [0.05, 0.1) is 12.2 Å². The summed E-state index contributed by atoms with van der Waals surface area (Å²) in [6, 6.07) is 0. The molecule has 0 aliphatic heterocycles. The van der Waals surface area contributed by atoms with E-state index in [2.05, 4.69) is 41.0 Å². The minimum atomic E-state index is 0.357. The number of hydrogen-bond donors (Lipinski definition) is 1. The Labute approximate surface area is 83.2 Å². The summed E-state index contributed by atoms with van der Waals surface area (Å²) in [6.07, 6.45) is 0.885. The zero-order valence-electron chi connectivity index (χ0n) is 8.78. The topological polar surface area (TPSA) is 77.4 Å². The van der Waals surface area contributed by atoms with E-state index >= 15 is 0 Å². The standard InChI is InChI=1S/C9H15N5/c1-4-8-7(5-11-14-10)9(6(2)3)13-12-8/h6H,4-5H2,1-3H3,(H,12,13). The summed E-state index contributed by atoms with van der Waals surface area (Å²) in [5.74, 6) is 0.357. The van der Waals surface area contributed by atoms with Gasteiger partial charge in [-0.3, -0.25) is 5.10 Å². The molecule has 0 spiro atoms. The minimum absolute atomic E-state index is 0.357. The van der Waals surface area contributed by atoms with Crippen molar-refractivity contribution in [1.29, 1.82) is 0 Å². The normalized spacial score (nSPS) is 10.3. The number of nitrogens with one attached hydrogen (secondary N) is 1. The first-order valence-electron chi connectivity index (χ1n) is 4.77. The van der Waals surface area contributed by atoms with Crippen LogP contribution in [0.5, 0.6) is 0 Å². The number of hydrogen-bond acceptors (Lipinski definition) is 2. The van der Waals surface area contributed by atoms with E-state index < -0.39 is 0 Å². The quantitative estimate of drug-likeness (QED) is 0.445. The van der Waals surface area contributed by atoms with E-state index in [4.69, 9.17) is 5.53 Å². The van der Waals surface area contributed by atoms with E-state index in [-0.39, 0.29) is 0 Å². The van der Waals surface area contributed by atoms with E-state index in [0.717, 1.165) is 23.4 Å². The Morgan fingerprint density at radius 2 is 2.29 bits per heavy atom. The van der Waals surface area contributed by atoms with Gasteiger partial charge in [0, 0.05) is 16.2 Å². The van der Waals surface area contributed by atoms with Crippen molar-refractivity contribution in [3.63, 3.8) is 0 Å². The molecular weight excluding hydrogens is 178 g/mol. The molecule has 1 rings (SSSR count). The molecule has 0 fully saturated rings. The largest absolute Gasteiger partial charge is 0.282 e. The van der Waals surface area contributed by atoms with Crippen molar-refractivity contribution in [2.75, 3.05) is 0 Å². The number of aromatic nitrogens is 2. The lowest BCUT2D eigenvalue weighted by Gasteiger charge is -2.03. The Hall–Kier alpha value is -1.48. The predicted molar refractivity (Wildman–Crippen MR) is 54.9 cm³/mol. The Bertz CT molecular complexity index is 346. The highest BCUT2D eigenvalue weighted by Gasteiger charge is 2.13. The third-order valence-electron chi connectivity index (χ3n) is 2.18.